The van der Waals surface area contributed by atoms with Gasteiger partial charge in [-0.15, -0.1) is 16.8 Å². The highest BCUT2D eigenvalue weighted by molar-refractivity contribution is 7.99. The molecule has 0 aliphatic heterocycles. The third-order valence-corrected chi connectivity index (χ3v) is 5.74. The zero-order valence-corrected chi connectivity index (χ0v) is 16.3. The molecule has 1 amide bonds. The summed E-state index contributed by atoms with van der Waals surface area (Å²) < 4.78 is 15.9. The van der Waals surface area contributed by atoms with Crippen molar-refractivity contribution >= 4 is 17.7 Å². The maximum atomic E-state index is 14.2. The van der Waals surface area contributed by atoms with Gasteiger partial charge in [0.05, 0.1) is 17.4 Å². The first-order valence-electron chi connectivity index (χ1n) is 9.22. The van der Waals surface area contributed by atoms with Crippen LogP contribution in [0.1, 0.15) is 32.1 Å². The van der Waals surface area contributed by atoms with Gasteiger partial charge in [0.15, 0.2) is 11.0 Å². The summed E-state index contributed by atoms with van der Waals surface area (Å²) >= 11 is 1.21. The smallest absolute Gasteiger partial charge is 0.231 e. The molecule has 0 unspecified atom stereocenters. The number of hydrogen-bond acceptors (Lipinski definition) is 5. The molecule has 1 N–H and O–H groups in total. The summed E-state index contributed by atoms with van der Waals surface area (Å²) in [6, 6.07) is 8.64. The van der Waals surface area contributed by atoms with Gasteiger partial charge in [-0.1, -0.05) is 49.2 Å². The zero-order valence-electron chi connectivity index (χ0n) is 15.5. The maximum Gasteiger partial charge on any atom is 0.231 e. The van der Waals surface area contributed by atoms with E-state index in [0.29, 0.717) is 35.9 Å². The van der Waals surface area contributed by atoms with Crippen LogP contribution in [0.2, 0.25) is 0 Å². The summed E-state index contributed by atoms with van der Waals surface area (Å²) in [5.74, 6) is -0.103. The minimum absolute atomic E-state index is 0.107. The molecule has 1 aliphatic rings. The Hall–Kier alpha value is -2.66. The molecule has 1 fully saturated rings. The molecule has 1 aromatic carbocycles. The van der Waals surface area contributed by atoms with Gasteiger partial charge in [0.25, 0.3) is 0 Å². The van der Waals surface area contributed by atoms with E-state index in [2.05, 4.69) is 28.2 Å². The monoisotopic (exact) mass is 399 g/mol. The molecule has 0 saturated heterocycles. The Labute approximate surface area is 167 Å². The summed E-state index contributed by atoms with van der Waals surface area (Å²) in [7, 11) is 0. The summed E-state index contributed by atoms with van der Waals surface area (Å²) in [5.41, 5.74) is -0.415. The molecule has 6 nitrogen and oxygen atoms in total. The first-order valence-corrected chi connectivity index (χ1v) is 10.2. The largest absolute Gasteiger partial charge is 0.337 e. The van der Waals surface area contributed by atoms with Gasteiger partial charge in [0.1, 0.15) is 11.4 Å². The van der Waals surface area contributed by atoms with Gasteiger partial charge in [0.2, 0.25) is 5.91 Å². The van der Waals surface area contributed by atoms with Crippen LogP contribution in [0, 0.1) is 17.1 Å². The third-order valence-electron chi connectivity index (χ3n) is 4.78. The van der Waals surface area contributed by atoms with Gasteiger partial charge in [-0.3, -0.25) is 9.36 Å². The van der Waals surface area contributed by atoms with Gasteiger partial charge in [0, 0.05) is 6.54 Å². The van der Waals surface area contributed by atoms with Gasteiger partial charge in [-0.25, -0.2) is 4.39 Å². The summed E-state index contributed by atoms with van der Waals surface area (Å²) in [6.07, 6.45) is 6.03. The average Bonchev–Trinajstić information content (AvgIpc) is 3.10. The number of benzene rings is 1. The SMILES string of the molecule is C=CCn1c(SCC(=O)NC2(C#N)CCCCC2)nnc1-c1ccccc1F. The molecule has 1 heterocycles. The standard InChI is InChI=1S/C20H22FN5OS/c1-2-12-26-18(15-8-4-5-9-16(15)21)24-25-19(26)28-13-17(27)23-20(14-22)10-6-3-7-11-20/h2,4-5,8-9H,1,3,6-7,10-13H2,(H,23,27). The van der Waals surface area contributed by atoms with Crippen molar-refractivity contribution in [1.29, 1.82) is 5.26 Å². The van der Waals surface area contributed by atoms with Crippen molar-refractivity contribution in [3.63, 3.8) is 0 Å². The number of aromatic nitrogens is 3. The second-order valence-electron chi connectivity index (χ2n) is 6.78. The minimum atomic E-state index is -0.761. The highest BCUT2D eigenvalue weighted by atomic mass is 32.2. The number of carbonyl (C=O) groups excluding carboxylic acids is 1. The van der Waals surface area contributed by atoms with E-state index in [1.165, 1.54) is 17.8 Å². The van der Waals surface area contributed by atoms with Crippen LogP contribution in [-0.2, 0) is 11.3 Å². The van der Waals surface area contributed by atoms with Crippen LogP contribution in [0.4, 0.5) is 4.39 Å². The van der Waals surface area contributed by atoms with Crippen LogP contribution in [0.15, 0.2) is 42.1 Å². The molecular weight excluding hydrogens is 377 g/mol. The third kappa shape index (κ3) is 4.42. The topological polar surface area (TPSA) is 83.6 Å². The highest BCUT2D eigenvalue weighted by Gasteiger charge is 2.33. The molecule has 8 heteroatoms. The van der Waals surface area contributed by atoms with Crippen LogP contribution in [0.3, 0.4) is 0 Å². The Morgan fingerprint density at radius 2 is 2.11 bits per heavy atom. The van der Waals surface area contributed by atoms with Crippen molar-refractivity contribution in [2.75, 3.05) is 5.75 Å². The first kappa shape index (κ1) is 20.1. The lowest BCUT2D eigenvalue weighted by atomic mass is 9.83. The fraction of sp³-hybridized carbons (Fsp3) is 0.400. The molecule has 1 aromatic heterocycles. The minimum Gasteiger partial charge on any atom is -0.337 e. The van der Waals surface area contributed by atoms with Crippen LogP contribution in [0.5, 0.6) is 0 Å². The van der Waals surface area contributed by atoms with Gasteiger partial charge < -0.3 is 5.32 Å². The van der Waals surface area contributed by atoms with Crippen molar-refractivity contribution in [2.24, 2.45) is 0 Å². The number of allylic oxidation sites excluding steroid dienone is 1. The van der Waals surface area contributed by atoms with Crippen LogP contribution < -0.4 is 5.32 Å². The molecule has 2 aromatic rings. The molecule has 1 saturated carbocycles. The highest BCUT2D eigenvalue weighted by Crippen LogP contribution is 2.29. The Kier molecular flexibility index (Phi) is 6.47. The predicted molar refractivity (Wildman–Crippen MR) is 106 cm³/mol. The van der Waals surface area contributed by atoms with E-state index in [1.54, 1.807) is 28.8 Å². The Balaban J connectivity index is 1.72. The molecule has 0 radical (unpaired) electrons. The lowest BCUT2D eigenvalue weighted by Gasteiger charge is -2.31. The molecule has 0 bridgehead atoms. The van der Waals surface area contributed by atoms with Crippen molar-refractivity contribution < 1.29 is 9.18 Å². The summed E-state index contributed by atoms with van der Waals surface area (Å²) in [6.45, 7) is 4.12. The van der Waals surface area contributed by atoms with Gasteiger partial charge >= 0.3 is 0 Å². The number of nitriles is 1. The molecule has 0 spiro atoms. The Morgan fingerprint density at radius 3 is 2.79 bits per heavy atom. The van der Waals surface area contributed by atoms with Gasteiger partial charge in [-0.2, -0.15) is 5.26 Å². The summed E-state index contributed by atoms with van der Waals surface area (Å²) in [5, 5.41) is 21.1. The molecular formula is C20H22FN5OS. The second-order valence-corrected chi connectivity index (χ2v) is 7.72. The second kappa shape index (κ2) is 9.02. The maximum absolute atomic E-state index is 14.2. The van der Waals surface area contributed by atoms with Crippen LogP contribution in [0.25, 0.3) is 11.4 Å². The number of halogens is 1. The van der Waals surface area contributed by atoms with E-state index in [4.69, 9.17) is 0 Å². The van der Waals surface area contributed by atoms with Crippen LogP contribution >= 0.6 is 11.8 Å². The Bertz CT molecular complexity index is 898. The van der Waals surface area contributed by atoms with E-state index in [9.17, 15) is 14.4 Å². The number of amides is 1. The van der Waals surface area contributed by atoms with Crippen molar-refractivity contribution in [2.45, 2.75) is 49.3 Å². The fourth-order valence-electron chi connectivity index (χ4n) is 3.38. The van der Waals surface area contributed by atoms with E-state index in [1.807, 2.05) is 0 Å². The molecule has 146 valence electrons. The fourth-order valence-corrected chi connectivity index (χ4v) is 4.13. The normalized spacial score (nSPS) is 15.6. The van der Waals surface area contributed by atoms with E-state index >= 15 is 0 Å². The van der Waals surface area contributed by atoms with E-state index in [-0.39, 0.29) is 17.5 Å². The Morgan fingerprint density at radius 1 is 1.36 bits per heavy atom. The van der Waals surface area contributed by atoms with Gasteiger partial charge in [-0.05, 0) is 25.0 Å². The first-order chi connectivity index (χ1) is 13.6. The average molecular weight is 399 g/mol. The number of rotatable bonds is 7. The number of hydrogen-bond donors (Lipinski definition) is 1. The van der Waals surface area contributed by atoms with Crippen molar-refractivity contribution in [1.82, 2.24) is 20.1 Å². The molecule has 0 atom stereocenters. The lowest BCUT2D eigenvalue weighted by Crippen LogP contribution is -2.49. The number of thioether (sulfide) groups is 1. The number of nitrogens with one attached hydrogen (secondary N) is 1. The van der Waals surface area contributed by atoms with Crippen LogP contribution in [-0.4, -0.2) is 32.0 Å². The lowest BCUT2D eigenvalue weighted by molar-refractivity contribution is -0.120. The molecule has 3 rings (SSSR count). The summed E-state index contributed by atoms with van der Waals surface area (Å²) in [4.78, 5) is 12.4. The van der Waals surface area contributed by atoms with Crippen molar-refractivity contribution in [3.8, 4) is 17.5 Å². The molecule has 1 aliphatic carbocycles. The van der Waals surface area contributed by atoms with E-state index < -0.39 is 5.54 Å². The van der Waals surface area contributed by atoms with E-state index in [0.717, 1.165) is 19.3 Å². The number of carbonyl (C=O) groups is 1. The quantitative estimate of drug-likeness (QED) is 0.567. The van der Waals surface area contributed by atoms with Crippen molar-refractivity contribution in [3.05, 3.63) is 42.7 Å². The zero-order chi connectivity index (χ0) is 20.0. The molecule has 28 heavy (non-hydrogen) atoms. The predicted octanol–water partition coefficient (Wildman–Crippen LogP) is 3.70. The number of nitrogens with zero attached hydrogens (tertiary/aromatic N) is 4.